The molecule has 0 spiro atoms. The van der Waals surface area contributed by atoms with Gasteiger partial charge in [0.1, 0.15) is 17.8 Å². The third-order valence-corrected chi connectivity index (χ3v) is 4.81. The maximum Gasteiger partial charge on any atom is 0.326 e. The standard InChI is InChI=1S/C22H33N5O7/c1-12(2)9-15(23)20(31)25-11-19(30)26-17(10-13-3-5-14(28)6-4-13)21(32)27-16(22(33)34)7-8-18(24)29/h3-6,12,15-17,28H,7-11,23H2,1-2H3,(H2,24,29)(H,25,31)(H,26,30)(H,27,32)(H,33,34). The number of carboxylic acid groups (broad SMARTS) is 1. The number of carboxylic acids is 1. The molecule has 0 saturated heterocycles. The number of nitrogens with two attached hydrogens (primary N) is 2. The van der Waals surface area contributed by atoms with E-state index in [4.69, 9.17) is 11.5 Å². The Balaban J connectivity index is 2.88. The molecule has 0 bridgehead atoms. The molecule has 4 amide bonds. The molecule has 9 N–H and O–H groups in total. The van der Waals surface area contributed by atoms with Crippen molar-refractivity contribution in [3.8, 4) is 5.75 Å². The summed E-state index contributed by atoms with van der Waals surface area (Å²) < 4.78 is 0. The molecule has 1 rings (SSSR count). The van der Waals surface area contributed by atoms with Gasteiger partial charge in [-0.3, -0.25) is 19.2 Å². The van der Waals surface area contributed by atoms with Crippen LogP contribution in [-0.2, 0) is 30.4 Å². The lowest BCUT2D eigenvalue weighted by molar-refractivity contribution is -0.142. The van der Waals surface area contributed by atoms with Gasteiger partial charge in [0.05, 0.1) is 12.6 Å². The fourth-order valence-corrected chi connectivity index (χ4v) is 3.05. The van der Waals surface area contributed by atoms with E-state index in [1.165, 1.54) is 24.3 Å². The number of benzene rings is 1. The molecule has 0 aliphatic carbocycles. The Morgan fingerprint density at radius 3 is 2.12 bits per heavy atom. The highest BCUT2D eigenvalue weighted by molar-refractivity contribution is 5.92. The van der Waals surface area contributed by atoms with Crippen molar-refractivity contribution in [2.24, 2.45) is 17.4 Å². The summed E-state index contributed by atoms with van der Waals surface area (Å²) in [5, 5.41) is 26.0. The highest BCUT2D eigenvalue weighted by Crippen LogP contribution is 2.12. The number of hydrogen-bond donors (Lipinski definition) is 7. The molecule has 0 heterocycles. The molecule has 0 saturated carbocycles. The van der Waals surface area contributed by atoms with Crippen molar-refractivity contribution in [1.82, 2.24) is 16.0 Å². The van der Waals surface area contributed by atoms with Crippen molar-refractivity contribution in [2.45, 2.75) is 57.7 Å². The molecule has 0 aromatic heterocycles. The van der Waals surface area contributed by atoms with Crippen molar-refractivity contribution in [3.63, 3.8) is 0 Å². The number of phenolic OH excluding ortho intramolecular Hbond substituents is 1. The minimum absolute atomic E-state index is 0.00614. The van der Waals surface area contributed by atoms with Crippen LogP contribution >= 0.6 is 0 Å². The zero-order valence-electron chi connectivity index (χ0n) is 19.2. The van der Waals surface area contributed by atoms with Crippen LogP contribution in [-0.4, -0.2) is 64.5 Å². The number of aliphatic carboxylic acids is 1. The lowest BCUT2D eigenvalue weighted by Gasteiger charge is -2.22. The quantitative estimate of drug-likeness (QED) is 0.171. The van der Waals surface area contributed by atoms with Gasteiger partial charge in [-0.2, -0.15) is 0 Å². The monoisotopic (exact) mass is 479 g/mol. The van der Waals surface area contributed by atoms with Gasteiger partial charge in [-0.05, 0) is 36.5 Å². The highest BCUT2D eigenvalue weighted by Gasteiger charge is 2.27. The summed E-state index contributed by atoms with van der Waals surface area (Å²) >= 11 is 0. The fourth-order valence-electron chi connectivity index (χ4n) is 3.05. The Morgan fingerprint density at radius 1 is 0.971 bits per heavy atom. The second kappa shape index (κ2) is 13.8. The Kier molecular flexibility index (Phi) is 11.5. The third-order valence-electron chi connectivity index (χ3n) is 4.81. The van der Waals surface area contributed by atoms with E-state index in [2.05, 4.69) is 16.0 Å². The molecule has 188 valence electrons. The second-order valence-corrected chi connectivity index (χ2v) is 8.35. The van der Waals surface area contributed by atoms with Gasteiger partial charge in [0.15, 0.2) is 0 Å². The highest BCUT2D eigenvalue weighted by atomic mass is 16.4. The molecule has 12 nitrogen and oxygen atoms in total. The number of aromatic hydroxyl groups is 1. The van der Waals surface area contributed by atoms with Crippen LogP contribution in [0.25, 0.3) is 0 Å². The van der Waals surface area contributed by atoms with Crippen molar-refractivity contribution in [1.29, 1.82) is 0 Å². The minimum atomic E-state index is -1.40. The molecule has 0 radical (unpaired) electrons. The topological polar surface area (TPSA) is 214 Å². The predicted octanol–water partition coefficient (Wildman–Crippen LogP) is -1.26. The van der Waals surface area contributed by atoms with Crippen LogP contribution in [0.1, 0.15) is 38.7 Å². The number of carbonyl (C=O) groups is 5. The fraction of sp³-hybridized carbons (Fsp3) is 0.500. The van der Waals surface area contributed by atoms with E-state index in [-0.39, 0.29) is 30.9 Å². The summed E-state index contributed by atoms with van der Waals surface area (Å²) in [6.07, 6.45) is -0.0724. The first-order valence-corrected chi connectivity index (χ1v) is 10.8. The molecular formula is C22H33N5O7. The first-order chi connectivity index (χ1) is 15.9. The number of hydrogen-bond acceptors (Lipinski definition) is 7. The van der Waals surface area contributed by atoms with E-state index >= 15 is 0 Å². The molecule has 12 heteroatoms. The Bertz CT molecular complexity index is 873. The van der Waals surface area contributed by atoms with Crippen molar-refractivity contribution < 1.29 is 34.2 Å². The first kappa shape index (κ1) is 28.4. The molecule has 34 heavy (non-hydrogen) atoms. The van der Waals surface area contributed by atoms with Crippen LogP contribution < -0.4 is 27.4 Å². The summed E-state index contributed by atoms with van der Waals surface area (Å²) in [5.41, 5.74) is 11.4. The van der Waals surface area contributed by atoms with Crippen LogP contribution in [0.2, 0.25) is 0 Å². The molecule has 1 aromatic rings. The molecule has 0 aliphatic heterocycles. The summed E-state index contributed by atoms with van der Waals surface area (Å²) in [6.45, 7) is 3.37. The number of phenols is 1. The molecular weight excluding hydrogens is 446 g/mol. The van der Waals surface area contributed by atoms with Gasteiger partial charge in [-0.1, -0.05) is 26.0 Å². The van der Waals surface area contributed by atoms with Gasteiger partial charge in [0.25, 0.3) is 0 Å². The average molecular weight is 480 g/mol. The van der Waals surface area contributed by atoms with Crippen molar-refractivity contribution in [2.75, 3.05) is 6.54 Å². The van der Waals surface area contributed by atoms with Gasteiger partial charge in [0, 0.05) is 12.8 Å². The van der Waals surface area contributed by atoms with E-state index in [1.54, 1.807) is 0 Å². The number of rotatable bonds is 14. The van der Waals surface area contributed by atoms with Crippen molar-refractivity contribution in [3.05, 3.63) is 29.8 Å². The SMILES string of the molecule is CC(C)CC(N)C(=O)NCC(=O)NC(Cc1ccc(O)cc1)C(=O)NC(CCC(N)=O)C(=O)O. The molecule has 0 aliphatic rings. The van der Waals surface area contributed by atoms with E-state index in [0.717, 1.165) is 0 Å². The number of amides is 4. The van der Waals surface area contributed by atoms with Crippen LogP contribution in [0, 0.1) is 5.92 Å². The molecule has 0 fully saturated rings. The number of nitrogens with one attached hydrogen (secondary N) is 3. The van der Waals surface area contributed by atoms with Gasteiger partial charge in [0.2, 0.25) is 23.6 Å². The van der Waals surface area contributed by atoms with Gasteiger partial charge in [-0.25, -0.2) is 4.79 Å². The molecule has 3 atom stereocenters. The average Bonchev–Trinajstić information content (AvgIpc) is 2.74. The largest absolute Gasteiger partial charge is 0.508 e. The third kappa shape index (κ3) is 10.8. The summed E-state index contributed by atoms with van der Waals surface area (Å²) in [5.74, 6) is -3.90. The second-order valence-electron chi connectivity index (χ2n) is 8.35. The zero-order valence-corrected chi connectivity index (χ0v) is 19.2. The van der Waals surface area contributed by atoms with Gasteiger partial charge >= 0.3 is 5.97 Å². The maximum absolute atomic E-state index is 12.8. The van der Waals surface area contributed by atoms with Crippen LogP contribution in [0.4, 0.5) is 0 Å². The summed E-state index contributed by atoms with van der Waals surface area (Å²) in [7, 11) is 0. The van der Waals surface area contributed by atoms with Crippen LogP contribution in [0.3, 0.4) is 0 Å². The summed E-state index contributed by atoms with van der Waals surface area (Å²) in [6, 6.07) is 2.49. The van der Waals surface area contributed by atoms with Gasteiger partial charge in [-0.15, -0.1) is 0 Å². The lowest BCUT2D eigenvalue weighted by atomic mass is 10.0. The van der Waals surface area contributed by atoms with E-state index in [1.807, 2.05) is 13.8 Å². The Labute approximate surface area is 197 Å². The Hall–Kier alpha value is -3.67. The number of carbonyl (C=O) groups excluding carboxylic acids is 4. The van der Waals surface area contributed by atoms with E-state index in [0.29, 0.717) is 12.0 Å². The normalized spacial score (nSPS) is 13.4. The molecule has 3 unspecified atom stereocenters. The maximum atomic E-state index is 12.8. The summed E-state index contributed by atoms with van der Waals surface area (Å²) in [4.78, 5) is 59.7. The van der Waals surface area contributed by atoms with E-state index < -0.39 is 54.3 Å². The van der Waals surface area contributed by atoms with Crippen LogP contribution in [0.15, 0.2) is 24.3 Å². The molecule has 1 aromatic carbocycles. The Morgan fingerprint density at radius 2 is 1.59 bits per heavy atom. The number of primary amides is 1. The van der Waals surface area contributed by atoms with Crippen molar-refractivity contribution >= 4 is 29.6 Å². The van der Waals surface area contributed by atoms with Gasteiger partial charge < -0.3 is 37.6 Å². The minimum Gasteiger partial charge on any atom is -0.508 e. The first-order valence-electron chi connectivity index (χ1n) is 10.8. The van der Waals surface area contributed by atoms with E-state index in [9.17, 15) is 34.2 Å². The zero-order chi connectivity index (χ0) is 25.8. The smallest absolute Gasteiger partial charge is 0.326 e. The lowest BCUT2D eigenvalue weighted by Crippen LogP contribution is -2.54. The van der Waals surface area contributed by atoms with Crippen LogP contribution in [0.5, 0.6) is 5.75 Å². The predicted molar refractivity (Wildman–Crippen MR) is 122 cm³/mol.